The Morgan fingerprint density at radius 1 is 0.882 bits per heavy atom. The number of hydrogen-bond donors (Lipinski definition) is 1. The topological polar surface area (TPSA) is 26.7 Å². The van der Waals surface area contributed by atoms with E-state index in [1.54, 1.807) is 0 Å². The Labute approximate surface area is 104 Å². The first-order valence-electron chi connectivity index (χ1n) is 7.51. The van der Waals surface area contributed by atoms with Crippen molar-refractivity contribution >= 4 is 0 Å². The van der Waals surface area contributed by atoms with Crippen molar-refractivity contribution in [2.75, 3.05) is 19.6 Å². The summed E-state index contributed by atoms with van der Waals surface area (Å²) < 4.78 is 0. The highest BCUT2D eigenvalue weighted by molar-refractivity contribution is 5.02. The summed E-state index contributed by atoms with van der Waals surface area (Å²) >= 11 is 0. The fourth-order valence-electron chi connectivity index (χ4n) is 5.11. The number of aliphatic hydroxyl groups excluding tert-OH is 1. The molecule has 4 saturated heterocycles. The summed E-state index contributed by atoms with van der Waals surface area (Å²) in [4.78, 5) is 5.22. The third-order valence-electron chi connectivity index (χ3n) is 5.79. The van der Waals surface area contributed by atoms with Gasteiger partial charge in [0.25, 0.3) is 0 Å². The molecule has 0 saturated carbocycles. The van der Waals surface area contributed by atoms with Gasteiger partial charge in [0.1, 0.15) is 6.23 Å². The molecule has 4 rings (SSSR count). The molecule has 0 radical (unpaired) electrons. The number of rotatable bonds is 0. The Bertz CT molecular complexity index is 309. The van der Waals surface area contributed by atoms with E-state index in [0.29, 0.717) is 6.04 Å². The molecule has 0 aromatic heterocycles. The van der Waals surface area contributed by atoms with Gasteiger partial charge in [-0.3, -0.25) is 9.80 Å². The van der Waals surface area contributed by atoms with Crippen molar-refractivity contribution in [1.29, 1.82) is 0 Å². The van der Waals surface area contributed by atoms with Gasteiger partial charge in [-0.05, 0) is 56.9 Å². The van der Waals surface area contributed by atoms with Crippen LogP contribution in [0.2, 0.25) is 0 Å². The highest BCUT2D eigenvalue weighted by atomic mass is 16.3. The van der Waals surface area contributed by atoms with Gasteiger partial charge in [-0.15, -0.1) is 0 Å². The summed E-state index contributed by atoms with van der Waals surface area (Å²) in [6, 6.07) is 1.54. The molecule has 4 fully saturated rings. The van der Waals surface area contributed by atoms with Crippen molar-refractivity contribution in [3.05, 3.63) is 0 Å². The molecule has 4 aliphatic heterocycles. The van der Waals surface area contributed by atoms with E-state index < -0.39 is 0 Å². The molecular weight excluding hydrogens is 212 g/mol. The maximum atomic E-state index is 10.2. The number of aliphatic hydroxyl groups is 1. The van der Waals surface area contributed by atoms with E-state index in [2.05, 4.69) is 9.80 Å². The van der Waals surface area contributed by atoms with Crippen LogP contribution in [0.1, 0.15) is 38.5 Å². The molecule has 4 heterocycles. The molecule has 3 nitrogen and oxygen atoms in total. The second kappa shape index (κ2) is 3.94. The van der Waals surface area contributed by atoms with E-state index in [4.69, 9.17) is 0 Å². The fourth-order valence-corrected chi connectivity index (χ4v) is 5.11. The van der Waals surface area contributed by atoms with Crippen molar-refractivity contribution < 1.29 is 5.11 Å². The Morgan fingerprint density at radius 3 is 2.65 bits per heavy atom. The quantitative estimate of drug-likeness (QED) is 0.686. The molecule has 0 aromatic carbocycles. The summed E-state index contributed by atoms with van der Waals surface area (Å²) in [5.41, 5.74) is 0. The molecule has 1 unspecified atom stereocenters. The molecule has 5 atom stereocenters. The van der Waals surface area contributed by atoms with Gasteiger partial charge in [-0.25, -0.2) is 0 Å². The zero-order chi connectivity index (χ0) is 11.4. The number of nitrogens with zero attached hydrogens (tertiary/aromatic N) is 2. The van der Waals surface area contributed by atoms with Crippen LogP contribution in [0.3, 0.4) is 0 Å². The van der Waals surface area contributed by atoms with Gasteiger partial charge in [-0.2, -0.15) is 0 Å². The Morgan fingerprint density at radius 2 is 1.71 bits per heavy atom. The molecule has 96 valence electrons. The maximum absolute atomic E-state index is 10.2. The smallest absolute Gasteiger partial charge is 0.107 e. The maximum Gasteiger partial charge on any atom is 0.107 e. The molecular formula is C14H24N2O. The molecule has 0 spiro atoms. The van der Waals surface area contributed by atoms with Crippen molar-refractivity contribution in [3.8, 4) is 0 Å². The van der Waals surface area contributed by atoms with Gasteiger partial charge in [0.15, 0.2) is 0 Å². The highest BCUT2D eigenvalue weighted by Gasteiger charge is 2.48. The van der Waals surface area contributed by atoms with Gasteiger partial charge < -0.3 is 5.11 Å². The Hall–Kier alpha value is -0.120. The Balaban J connectivity index is 1.60. The van der Waals surface area contributed by atoms with Gasteiger partial charge in [-0.1, -0.05) is 0 Å². The zero-order valence-corrected chi connectivity index (χ0v) is 10.6. The standard InChI is InChI=1S/C14H24N2O/c17-14-5-1-3-13-10-7-11(9-16(13)14)12-4-2-6-15(12)8-10/h10-14,17H,1-9H2/t10-,11-,12-,13+,14?/m1/s1. The second-order valence-corrected chi connectivity index (χ2v) is 6.64. The van der Waals surface area contributed by atoms with Crippen LogP contribution in [0.5, 0.6) is 0 Å². The average molecular weight is 236 g/mol. The first-order valence-corrected chi connectivity index (χ1v) is 7.51. The van der Waals surface area contributed by atoms with Crippen LogP contribution >= 0.6 is 0 Å². The van der Waals surface area contributed by atoms with Crippen molar-refractivity contribution in [1.82, 2.24) is 9.80 Å². The zero-order valence-electron chi connectivity index (χ0n) is 10.6. The van der Waals surface area contributed by atoms with Gasteiger partial charge in [0, 0.05) is 25.2 Å². The first kappa shape index (κ1) is 10.8. The third-order valence-corrected chi connectivity index (χ3v) is 5.79. The van der Waals surface area contributed by atoms with E-state index in [9.17, 15) is 5.11 Å². The normalized spacial score (nSPS) is 51.0. The largest absolute Gasteiger partial charge is 0.378 e. The van der Waals surface area contributed by atoms with E-state index in [1.807, 2.05) is 0 Å². The van der Waals surface area contributed by atoms with Crippen molar-refractivity contribution in [3.63, 3.8) is 0 Å². The van der Waals surface area contributed by atoms with E-state index in [1.165, 1.54) is 51.7 Å². The van der Waals surface area contributed by atoms with E-state index in [0.717, 1.165) is 24.3 Å². The molecule has 0 aromatic rings. The minimum absolute atomic E-state index is 0.132. The second-order valence-electron chi connectivity index (χ2n) is 6.64. The van der Waals surface area contributed by atoms with Crippen LogP contribution in [0.25, 0.3) is 0 Å². The number of piperidine rings is 3. The monoisotopic (exact) mass is 236 g/mol. The average Bonchev–Trinajstić information content (AvgIpc) is 2.79. The minimum atomic E-state index is -0.132. The van der Waals surface area contributed by atoms with Crippen LogP contribution in [0.15, 0.2) is 0 Å². The lowest BCUT2D eigenvalue weighted by atomic mass is 9.73. The van der Waals surface area contributed by atoms with Gasteiger partial charge >= 0.3 is 0 Å². The number of fused-ring (bicyclic) bond motifs is 6. The summed E-state index contributed by atoms with van der Waals surface area (Å²) in [7, 11) is 0. The first-order chi connectivity index (χ1) is 8.33. The van der Waals surface area contributed by atoms with Crippen LogP contribution < -0.4 is 0 Å². The molecule has 2 bridgehead atoms. The number of hydrogen-bond acceptors (Lipinski definition) is 3. The highest BCUT2D eigenvalue weighted by Crippen LogP contribution is 2.44. The predicted molar refractivity (Wildman–Crippen MR) is 66.5 cm³/mol. The SMILES string of the molecule is OC1CCC[C@H]2[C@@H]3C[C@H](CN12)[C@H]1CCCN1C3. The van der Waals surface area contributed by atoms with Gasteiger partial charge in [0.05, 0.1) is 0 Å². The molecule has 17 heavy (non-hydrogen) atoms. The van der Waals surface area contributed by atoms with Crippen molar-refractivity contribution in [2.45, 2.75) is 56.8 Å². The van der Waals surface area contributed by atoms with Crippen LogP contribution in [-0.4, -0.2) is 52.9 Å². The summed E-state index contributed by atoms with van der Waals surface area (Å²) in [6.45, 7) is 3.82. The van der Waals surface area contributed by atoms with E-state index in [-0.39, 0.29) is 6.23 Å². The molecule has 3 heteroatoms. The van der Waals surface area contributed by atoms with Crippen LogP contribution in [-0.2, 0) is 0 Å². The summed E-state index contributed by atoms with van der Waals surface area (Å²) in [6.07, 6.45) is 7.68. The fraction of sp³-hybridized carbons (Fsp3) is 1.00. The van der Waals surface area contributed by atoms with Crippen molar-refractivity contribution in [2.24, 2.45) is 11.8 Å². The molecule has 0 amide bonds. The molecule has 1 N–H and O–H groups in total. The predicted octanol–water partition coefficient (Wildman–Crippen LogP) is 1.27. The van der Waals surface area contributed by atoms with E-state index >= 15 is 0 Å². The lowest BCUT2D eigenvalue weighted by Gasteiger charge is -2.55. The summed E-state index contributed by atoms with van der Waals surface area (Å²) in [5, 5.41) is 10.2. The van der Waals surface area contributed by atoms with Gasteiger partial charge in [0.2, 0.25) is 0 Å². The van der Waals surface area contributed by atoms with Crippen LogP contribution in [0.4, 0.5) is 0 Å². The van der Waals surface area contributed by atoms with Crippen LogP contribution in [0, 0.1) is 11.8 Å². The lowest BCUT2D eigenvalue weighted by Crippen LogP contribution is -2.63. The lowest BCUT2D eigenvalue weighted by molar-refractivity contribution is -0.131. The third kappa shape index (κ3) is 1.59. The molecule has 4 aliphatic rings. The summed E-state index contributed by atoms with van der Waals surface area (Å²) in [5.74, 6) is 1.69. The molecule has 0 aliphatic carbocycles. The Kier molecular flexibility index (Phi) is 2.50. The minimum Gasteiger partial charge on any atom is -0.378 e.